The van der Waals surface area contributed by atoms with Gasteiger partial charge in [-0.05, 0) is 13.3 Å². The average molecular weight is 199 g/mol. The Hall–Kier alpha value is -0.0800. The summed E-state index contributed by atoms with van der Waals surface area (Å²) in [6.07, 6.45) is 11.1. The second-order valence-corrected chi connectivity index (χ2v) is 4.70. The molecule has 2 heteroatoms. The molecule has 14 heavy (non-hydrogen) atoms. The molecule has 1 saturated heterocycles. The second kappa shape index (κ2) is 5.72. The predicted molar refractivity (Wildman–Crippen MR) is 60.1 cm³/mol. The van der Waals surface area contributed by atoms with E-state index in [1.54, 1.807) is 0 Å². The lowest BCUT2D eigenvalue weighted by Gasteiger charge is -2.00. The Morgan fingerprint density at radius 1 is 1.07 bits per heavy atom. The van der Waals surface area contributed by atoms with Crippen molar-refractivity contribution in [1.29, 1.82) is 0 Å². The maximum Gasteiger partial charge on any atom is 0.140 e. The van der Waals surface area contributed by atoms with Crippen molar-refractivity contribution in [2.75, 3.05) is 0 Å². The van der Waals surface area contributed by atoms with E-state index in [2.05, 4.69) is 6.92 Å². The fourth-order valence-corrected chi connectivity index (χ4v) is 1.90. The van der Waals surface area contributed by atoms with Crippen molar-refractivity contribution >= 4 is 0 Å². The number of hydrogen-bond donors (Lipinski definition) is 1. The zero-order valence-corrected chi connectivity index (χ0v) is 9.72. The Bertz CT molecular complexity index is 156. The zero-order valence-electron chi connectivity index (χ0n) is 9.72. The number of unbranched alkanes of at least 4 members (excludes halogenated alkanes) is 6. The lowest BCUT2D eigenvalue weighted by molar-refractivity contribution is 0.309. The minimum atomic E-state index is -0.289. The van der Waals surface area contributed by atoms with E-state index >= 15 is 0 Å². The maximum absolute atomic E-state index is 5.77. The summed E-state index contributed by atoms with van der Waals surface area (Å²) in [4.78, 5) is 0. The van der Waals surface area contributed by atoms with Crippen molar-refractivity contribution < 1.29 is 4.74 Å². The van der Waals surface area contributed by atoms with Crippen molar-refractivity contribution in [3.63, 3.8) is 0 Å². The van der Waals surface area contributed by atoms with Gasteiger partial charge in [-0.25, -0.2) is 0 Å². The molecule has 0 amide bonds. The molecule has 0 unspecified atom stereocenters. The van der Waals surface area contributed by atoms with Gasteiger partial charge in [-0.3, -0.25) is 0 Å². The third-order valence-electron chi connectivity index (χ3n) is 3.05. The largest absolute Gasteiger partial charge is 0.351 e. The maximum atomic E-state index is 5.77. The van der Waals surface area contributed by atoms with Gasteiger partial charge in [0.25, 0.3) is 0 Å². The molecular formula is C12H25NO. The van der Waals surface area contributed by atoms with Crippen LogP contribution >= 0.6 is 0 Å². The highest BCUT2D eigenvalue weighted by molar-refractivity contribution is 4.92. The standard InChI is InChI=1S/C12H25NO/c1-3-4-5-6-7-8-9-10-11-12(2,13)14-11/h11H,3-10,13H2,1-2H3/t11-,12-/m0/s1. The highest BCUT2D eigenvalue weighted by Crippen LogP contribution is 2.34. The van der Waals surface area contributed by atoms with E-state index in [9.17, 15) is 0 Å². The van der Waals surface area contributed by atoms with Gasteiger partial charge in [0.15, 0.2) is 0 Å². The van der Waals surface area contributed by atoms with Crippen LogP contribution in [0.25, 0.3) is 0 Å². The summed E-state index contributed by atoms with van der Waals surface area (Å²) in [6, 6.07) is 0. The molecule has 0 aromatic carbocycles. The van der Waals surface area contributed by atoms with Gasteiger partial charge in [0.2, 0.25) is 0 Å². The molecule has 0 radical (unpaired) electrons. The van der Waals surface area contributed by atoms with Crippen molar-refractivity contribution in [3.8, 4) is 0 Å². The summed E-state index contributed by atoms with van der Waals surface area (Å²) < 4.78 is 5.33. The van der Waals surface area contributed by atoms with Crippen LogP contribution in [0.5, 0.6) is 0 Å². The molecule has 1 heterocycles. The van der Waals surface area contributed by atoms with Gasteiger partial charge in [0.05, 0.1) is 0 Å². The highest BCUT2D eigenvalue weighted by Gasteiger charge is 2.47. The Kier molecular flexibility index (Phi) is 4.90. The van der Waals surface area contributed by atoms with E-state index in [4.69, 9.17) is 10.5 Å². The minimum Gasteiger partial charge on any atom is -0.351 e. The van der Waals surface area contributed by atoms with E-state index in [1.807, 2.05) is 6.92 Å². The third kappa shape index (κ3) is 4.43. The van der Waals surface area contributed by atoms with Crippen molar-refractivity contribution in [3.05, 3.63) is 0 Å². The topological polar surface area (TPSA) is 38.5 Å². The van der Waals surface area contributed by atoms with E-state index in [0.717, 1.165) is 6.42 Å². The van der Waals surface area contributed by atoms with Gasteiger partial charge in [0.1, 0.15) is 11.8 Å². The minimum absolute atomic E-state index is 0.289. The van der Waals surface area contributed by atoms with Crippen molar-refractivity contribution in [2.45, 2.75) is 77.0 Å². The summed E-state index contributed by atoms with van der Waals surface area (Å²) in [5, 5.41) is 0. The van der Waals surface area contributed by atoms with E-state index in [-0.39, 0.29) is 5.72 Å². The average Bonchev–Trinajstić information content (AvgIpc) is 2.73. The summed E-state index contributed by atoms with van der Waals surface area (Å²) in [5.41, 5.74) is 5.48. The molecule has 0 aliphatic carbocycles. The van der Waals surface area contributed by atoms with Crippen molar-refractivity contribution in [1.82, 2.24) is 0 Å². The van der Waals surface area contributed by atoms with Gasteiger partial charge in [-0.1, -0.05) is 51.9 Å². The molecule has 2 nitrogen and oxygen atoms in total. The van der Waals surface area contributed by atoms with Gasteiger partial charge in [0, 0.05) is 0 Å². The Labute approximate surface area is 88.2 Å². The molecule has 1 aliphatic rings. The molecule has 2 atom stereocenters. The van der Waals surface area contributed by atoms with E-state index in [1.165, 1.54) is 44.9 Å². The van der Waals surface area contributed by atoms with Gasteiger partial charge in [-0.15, -0.1) is 0 Å². The number of epoxide rings is 1. The first kappa shape index (κ1) is 12.0. The molecular weight excluding hydrogens is 174 g/mol. The summed E-state index contributed by atoms with van der Waals surface area (Å²) in [5.74, 6) is 0. The molecule has 84 valence electrons. The SMILES string of the molecule is CCCCCCCCC[C@@H]1O[C@]1(C)N. The second-order valence-electron chi connectivity index (χ2n) is 4.70. The van der Waals surface area contributed by atoms with Crippen molar-refractivity contribution in [2.24, 2.45) is 5.73 Å². The lowest BCUT2D eigenvalue weighted by Crippen LogP contribution is -2.22. The first-order valence-electron chi connectivity index (χ1n) is 6.13. The molecule has 1 fully saturated rings. The number of ether oxygens (including phenoxy) is 1. The summed E-state index contributed by atoms with van der Waals surface area (Å²) in [7, 11) is 0. The normalized spacial score (nSPS) is 30.6. The van der Waals surface area contributed by atoms with Gasteiger partial charge >= 0.3 is 0 Å². The monoisotopic (exact) mass is 199 g/mol. The molecule has 0 bridgehead atoms. The van der Waals surface area contributed by atoms with Gasteiger partial charge in [-0.2, -0.15) is 0 Å². The third-order valence-corrected chi connectivity index (χ3v) is 3.05. The van der Waals surface area contributed by atoms with Crippen LogP contribution in [0.4, 0.5) is 0 Å². The van der Waals surface area contributed by atoms with Crippen LogP contribution in [0.1, 0.15) is 65.2 Å². The highest BCUT2D eigenvalue weighted by atomic mass is 16.6. The molecule has 2 N–H and O–H groups in total. The van der Waals surface area contributed by atoms with Crippen LogP contribution in [-0.2, 0) is 4.74 Å². The fourth-order valence-electron chi connectivity index (χ4n) is 1.90. The first-order chi connectivity index (χ1) is 6.67. The molecule has 0 aromatic heterocycles. The summed E-state index contributed by atoms with van der Waals surface area (Å²) in [6.45, 7) is 4.23. The number of hydrogen-bond acceptors (Lipinski definition) is 2. The molecule has 0 spiro atoms. The fraction of sp³-hybridized carbons (Fsp3) is 1.00. The quantitative estimate of drug-likeness (QED) is 0.481. The van der Waals surface area contributed by atoms with Crippen LogP contribution in [0.3, 0.4) is 0 Å². The Morgan fingerprint density at radius 2 is 1.57 bits per heavy atom. The number of rotatable bonds is 8. The van der Waals surface area contributed by atoms with Crippen LogP contribution in [0.15, 0.2) is 0 Å². The van der Waals surface area contributed by atoms with Crippen LogP contribution < -0.4 is 5.73 Å². The van der Waals surface area contributed by atoms with E-state index in [0.29, 0.717) is 6.10 Å². The number of nitrogens with two attached hydrogens (primary N) is 1. The first-order valence-corrected chi connectivity index (χ1v) is 6.13. The van der Waals surface area contributed by atoms with Crippen LogP contribution in [0.2, 0.25) is 0 Å². The Balaban J connectivity index is 1.77. The molecule has 0 aromatic rings. The molecule has 0 saturated carbocycles. The summed E-state index contributed by atoms with van der Waals surface area (Å²) >= 11 is 0. The smallest absolute Gasteiger partial charge is 0.140 e. The predicted octanol–water partition coefficient (Wildman–Crippen LogP) is 3.20. The molecule has 1 rings (SSSR count). The zero-order chi connectivity index (χ0) is 10.4. The van der Waals surface area contributed by atoms with Gasteiger partial charge < -0.3 is 10.5 Å². The van der Waals surface area contributed by atoms with Crippen LogP contribution in [-0.4, -0.2) is 11.8 Å². The van der Waals surface area contributed by atoms with Crippen LogP contribution in [0, 0.1) is 0 Å². The Morgan fingerprint density at radius 3 is 2.07 bits per heavy atom. The lowest BCUT2D eigenvalue weighted by atomic mass is 10.1. The van der Waals surface area contributed by atoms with E-state index < -0.39 is 0 Å². The molecule has 1 aliphatic heterocycles.